The molecule has 1 aromatic carbocycles. The molecule has 3 N–H and O–H groups in total. The van der Waals surface area contributed by atoms with Crippen molar-refractivity contribution in [3.8, 4) is 0 Å². The molecule has 1 amide bonds. The van der Waals surface area contributed by atoms with Crippen LogP contribution >= 0.6 is 0 Å². The summed E-state index contributed by atoms with van der Waals surface area (Å²) >= 11 is 0. The number of piperidine rings is 1. The highest BCUT2D eigenvalue weighted by atomic mass is 16.5. The summed E-state index contributed by atoms with van der Waals surface area (Å²) in [6.07, 6.45) is 4.85. The molecule has 0 spiro atoms. The molecular weight excluding hydrogens is 266 g/mol. The maximum Gasteiger partial charge on any atom is 0.265 e. The Kier molecular flexibility index (Phi) is 6.02. The minimum Gasteiger partial charge on any atom is -0.378 e. The van der Waals surface area contributed by atoms with Gasteiger partial charge in [0, 0.05) is 30.9 Å². The fourth-order valence-electron chi connectivity index (χ4n) is 2.58. The van der Waals surface area contributed by atoms with Crippen molar-refractivity contribution in [2.24, 2.45) is 5.84 Å². The zero-order valence-electron chi connectivity index (χ0n) is 12.7. The first-order valence-electron chi connectivity index (χ1n) is 7.72. The van der Waals surface area contributed by atoms with Crippen LogP contribution < -0.4 is 16.2 Å². The van der Waals surface area contributed by atoms with Gasteiger partial charge in [0.15, 0.2) is 0 Å². The van der Waals surface area contributed by atoms with E-state index in [9.17, 15) is 4.79 Å². The summed E-state index contributed by atoms with van der Waals surface area (Å²) in [4.78, 5) is 13.7. The van der Waals surface area contributed by atoms with Gasteiger partial charge in [0.05, 0.1) is 6.10 Å². The van der Waals surface area contributed by atoms with Gasteiger partial charge in [-0.1, -0.05) is 13.3 Å². The molecule has 0 bridgehead atoms. The zero-order valence-corrected chi connectivity index (χ0v) is 12.7. The molecule has 2 rings (SSSR count). The van der Waals surface area contributed by atoms with Crippen LogP contribution in [0.15, 0.2) is 24.3 Å². The number of nitrogens with zero attached hydrogens (tertiary/aromatic N) is 1. The first-order valence-corrected chi connectivity index (χ1v) is 7.72. The van der Waals surface area contributed by atoms with Crippen LogP contribution in [0.4, 0.5) is 5.69 Å². The van der Waals surface area contributed by atoms with Crippen LogP contribution in [0.5, 0.6) is 0 Å². The Balaban J connectivity index is 1.83. The van der Waals surface area contributed by atoms with Gasteiger partial charge in [-0.05, 0) is 43.5 Å². The number of benzene rings is 1. The largest absolute Gasteiger partial charge is 0.378 e. The first kappa shape index (κ1) is 15.8. The Bertz CT molecular complexity index is 439. The van der Waals surface area contributed by atoms with Crippen molar-refractivity contribution in [1.82, 2.24) is 5.43 Å². The normalized spacial score (nSPS) is 16.0. The van der Waals surface area contributed by atoms with Crippen LogP contribution in [0.3, 0.4) is 0 Å². The third kappa shape index (κ3) is 4.44. The molecule has 1 aliphatic rings. The van der Waals surface area contributed by atoms with Gasteiger partial charge in [-0.15, -0.1) is 0 Å². The number of hydrogen-bond acceptors (Lipinski definition) is 4. The minimum absolute atomic E-state index is 0.260. The topological polar surface area (TPSA) is 67.6 Å². The molecule has 0 atom stereocenters. The fourth-order valence-corrected chi connectivity index (χ4v) is 2.58. The molecule has 21 heavy (non-hydrogen) atoms. The van der Waals surface area contributed by atoms with Crippen molar-refractivity contribution in [3.05, 3.63) is 29.8 Å². The van der Waals surface area contributed by atoms with Gasteiger partial charge in [0.1, 0.15) is 0 Å². The molecule has 0 radical (unpaired) electrons. The number of anilines is 1. The maximum absolute atomic E-state index is 11.4. The van der Waals surface area contributed by atoms with Gasteiger partial charge < -0.3 is 9.64 Å². The highest BCUT2D eigenvalue weighted by Crippen LogP contribution is 2.22. The number of hydrazine groups is 1. The molecule has 1 aliphatic heterocycles. The first-order chi connectivity index (χ1) is 10.2. The summed E-state index contributed by atoms with van der Waals surface area (Å²) in [6, 6.07) is 7.56. The number of hydrogen-bond donors (Lipinski definition) is 2. The van der Waals surface area contributed by atoms with E-state index in [1.165, 1.54) is 6.42 Å². The summed E-state index contributed by atoms with van der Waals surface area (Å²) in [5.74, 6) is 4.87. The van der Waals surface area contributed by atoms with Crippen molar-refractivity contribution in [2.45, 2.75) is 38.7 Å². The summed E-state index contributed by atoms with van der Waals surface area (Å²) in [7, 11) is 0. The molecule has 1 saturated heterocycles. The number of nitrogens with one attached hydrogen (secondary N) is 1. The lowest BCUT2D eigenvalue weighted by atomic mass is 10.1. The molecule has 5 heteroatoms. The monoisotopic (exact) mass is 291 g/mol. The molecule has 1 fully saturated rings. The molecule has 0 unspecified atom stereocenters. The Morgan fingerprint density at radius 1 is 1.33 bits per heavy atom. The van der Waals surface area contributed by atoms with Crippen molar-refractivity contribution in [2.75, 3.05) is 24.6 Å². The van der Waals surface area contributed by atoms with E-state index in [1.807, 2.05) is 12.1 Å². The lowest BCUT2D eigenvalue weighted by molar-refractivity contribution is 0.0354. The predicted molar refractivity (Wildman–Crippen MR) is 84.2 cm³/mol. The number of ether oxygens (including phenoxy) is 1. The quantitative estimate of drug-likeness (QED) is 0.364. The smallest absolute Gasteiger partial charge is 0.265 e. The third-order valence-corrected chi connectivity index (χ3v) is 3.92. The molecule has 1 aromatic rings. The lowest BCUT2D eigenvalue weighted by Gasteiger charge is -2.33. The average molecular weight is 291 g/mol. The third-order valence-electron chi connectivity index (χ3n) is 3.92. The second kappa shape index (κ2) is 8.00. The van der Waals surface area contributed by atoms with Crippen LogP contribution in [0.2, 0.25) is 0 Å². The fraction of sp³-hybridized carbons (Fsp3) is 0.562. The summed E-state index contributed by atoms with van der Waals surface area (Å²) in [6.45, 7) is 5.06. The highest BCUT2D eigenvalue weighted by molar-refractivity contribution is 5.94. The Morgan fingerprint density at radius 3 is 2.57 bits per heavy atom. The minimum atomic E-state index is -0.260. The van der Waals surface area contributed by atoms with E-state index in [0.29, 0.717) is 11.7 Å². The highest BCUT2D eigenvalue weighted by Gasteiger charge is 2.19. The second-order valence-corrected chi connectivity index (χ2v) is 5.43. The van der Waals surface area contributed by atoms with Crippen molar-refractivity contribution in [1.29, 1.82) is 0 Å². The van der Waals surface area contributed by atoms with Gasteiger partial charge in [-0.3, -0.25) is 10.2 Å². The number of nitrogens with two attached hydrogens (primary N) is 1. The van der Waals surface area contributed by atoms with Crippen molar-refractivity contribution < 1.29 is 9.53 Å². The van der Waals surface area contributed by atoms with E-state index in [-0.39, 0.29) is 5.91 Å². The van der Waals surface area contributed by atoms with E-state index < -0.39 is 0 Å². The van der Waals surface area contributed by atoms with Gasteiger partial charge >= 0.3 is 0 Å². The van der Waals surface area contributed by atoms with Gasteiger partial charge in [0.2, 0.25) is 0 Å². The lowest BCUT2D eigenvalue weighted by Crippen LogP contribution is -2.37. The number of carbonyl (C=O) groups excluding carboxylic acids is 1. The van der Waals surface area contributed by atoms with Crippen molar-refractivity contribution >= 4 is 11.6 Å². The van der Waals surface area contributed by atoms with Crippen LogP contribution in [0, 0.1) is 0 Å². The van der Waals surface area contributed by atoms with E-state index in [2.05, 4.69) is 17.2 Å². The summed E-state index contributed by atoms with van der Waals surface area (Å²) < 4.78 is 5.88. The molecular formula is C16H25N3O2. The zero-order chi connectivity index (χ0) is 15.1. The Morgan fingerprint density at radius 2 is 2.00 bits per heavy atom. The van der Waals surface area contributed by atoms with E-state index >= 15 is 0 Å². The summed E-state index contributed by atoms with van der Waals surface area (Å²) in [5, 5.41) is 0. The number of unbranched alkanes of at least 4 members (excludes halogenated alkanes) is 1. The molecule has 0 aromatic heterocycles. The number of rotatable bonds is 6. The second-order valence-electron chi connectivity index (χ2n) is 5.43. The maximum atomic E-state index is 11.4. The standard InChI is InChI=1S/C16H25N3O2/c1-2-3-12-21-15-8-10-19(11-9-15)14-6-4-13(5-7-14)16(20)18-17/h4-7,15H,2-3,8-12,17H2,1H3,(H,18,20). The van der Waals surface area contributed by atoms with Crippen LogP contribution in [-0.2, 0) is 4.74 Å². The van der Waals surface area contributed by atoms with E-state index in [1.54, 1.807) is 12.1 Å². The SMILES string of the molecule is CCCCOC1CCN(c2ccc(C(=O)NN)cc2)CC1. The van der Waals surface area contributed by atoms with Gasteiger partial charge in [-0.2, -0.15) is 0 Å². The Hall–Kier alpha value is -1.59. The van der Waals surface area contributed by atoms with Gasteiger partial charge in [-0.25, -0.2) is 5.84 Å². The molecule has 116 valence electrons. The molecule has 0 saturated carbocycles. The predicted octanol–water partition coefficient (Wildman–Crippen LogP) is 2.08. The average Bonchev–Trinajstić information content (AvgIpc) is 2.55. The van der Waals surface area contributed by atoms with Crippen molar-refractivity contribution in [3.63, 3.8) is 0 Å². The molecule has 1 heterocycles. The van der Waals surface area contributed by atoms with Crippen LogP contribution in [0.25, 0.3) is 0 Å². The van der Waals surface area contributed by atoms with Crippen LogP contribution in [0.1, 0.15) is 43.0 Å². The van der Waals surface area contributed by atoms with Gasteiger partial charge in [0.25, 0.3) is 5.91 Å². The number of carbonyl (C=O) groups is 1. The number of nitrogen functional groups attached to an aromatic ring is 1. The van der Waals surface area contributed by atoms with E-state index in [0.717, 1.165) is 44.6 Å². The van der Waals surface area contributed by atoms with Crippen LogP contribution in [-0.4, -0.2) is 31.7 Å². The molecule has 0 aliphatic carbocycles. The summed E-state index contributed by atoms with van der Waals surface area (Å²) in [5.41, 5.74) is 3.87. The Labute approximate surface area is 126 Å². The molecule has 5 nitrogen and oxygen atoms in total. The van der Waals surface area contributed by atoms with E-state index in [4.69, 9.17) is 10.6 Å². The number of amides is 1.